The molecule has 0 radical (unpaired) electrons. The zero-order valence-corrected chi connectivity index (χ0v) is 21.9. The number of likely N-dealkylation sites (N-methyl/N-ethyl adjacent to an activating group) is 2. The number of rotatable bonds is 9. The van der Waals surface area contributed by atoms with E-state index < -0.39 is 21.6 Å². The Kier molecular flexibility index (Phi) is 8.93. The van der Waals surface area contributed by atoms with E-state index in [0.717, 1.165) is 5.56 Å². The number of nitrogens with zero attached hydrogens (tertiary/aromatic N) is 2. The number of esters is 1. The number of hydrogen-bond donors (Lipinski definition) is 0. The maximum atomic E-state index is 13.1. The molecule has 0 heterocycles. The molecule has 0 amide bonds. The highest BCUT2D eigenvalue weighted by Gasteiger charge is 2.23. The fourth-order valence-electron chi connectivity index (χ4n) is 3.04. The lowest BCUT2D eigenvalue weighted by atomic mass is 10.00. The Morgan fingerprint density at radius 1 is 1.00 bits per heavy atom. The second-order valence-electron chi connectivity index (χ2n) is 9.12. The minimum Gasteiger partial charge on any atom is -0.481 e. The second kappa shape index (κ2) is 10.9. The maximum absolute atomic E-state index is 13.1. The number of halogens is 1. The Bertz CT molecular complexity index is 1090. The molecule has 0 aliphatic carbocycles. The molecule has 33 heavy (non-hydrogen) atoms. The van der Waals surface area contributed by atoms with Crippen molar-refractivity contribution in [2.75, 3.05) is 40.8 Å². The number of ether oxygens (including phenoxy) is 2. The third-order valence-corrected chi connectivity index (χ3v) is 6.86. The first-order valence-electron chi connectivity index (χ1n) is 10.6. The molecule has 0 atom stereocenters. The van der Waals surface area contributed by atoms with Gasteiger partial charge in [-0.15, -0.1) is 0 Å². The molecule has 9 heteroatoms. The lowest BCUT2D eigenvalue weighted by Crippen LogP contribution is -2.33. The van der Waals surface area contributed by atoms with Crippen molar-refractivity contribution in [1.82, 2.24) is 9.21 Å². The number of carbonyl (C=O) groups excluding carboxylic acids is 1. The van der Waals surface area contributed by atoms with Crippen molar-refractivity contribution < 1.29 is 22.7 Å². The van der Waals surface area contributed by atoms with Gasteiger partial charge in [0.25, 0.3) is 0 Å². The van der Waals surface area contributed by atoms with E-state index in [0.29, 0.717) is 35.0 Å². The van der Waals surface area contributed by atoms with Gasteiger partial charge in [-0.3, -0.25) is 0 Å². The highest BCUT2D eigenvalue weighted by atomic mass is 35.5. The van der Waals surface area contributed by atoms with Crippen LogP contribution in [-0.2, 0) is 19.6 Å². The fraction of sp³-hybridized carbons (Fsp3) is 0.458. The van der Waals surface area contributed by atoms with E-state index >= 15 is 0 Å². The van der Waals surface area contributed by atoms with Gasteiger partial charge in [-0.05, 0) is 83.2 Å². The summed E-state index contributed by atoms with van der Waals surface area (Å²) in [7, 11) is 1.65. The molecule has 7 nitrogen and oxygen atoms in total. The van der Waals surface area contributed by atoms with Gasteiger partial charge in [0, 0.05) is 30.7 Å². The van der Waals surface area contributed by atoms with Crippen molar-refractivity contribution >= 4 is 27.6 Å². The maximum Gasteiger partial charge on any atom is 0.344 e. The first-order valence-corrected chi connectivity index (χ1v) is 12.4. The Labute approximate surface area is 202 Å². The summed E-state index contributed by atoms with van der Waals surface area (Å²) in [6.45, 7) is 7.90. The average Bonchev–Trinajstić information content (AvgIpc) is 2.69. The predicted octanol–water partition coefficient (Wildman–Crippen LogP) is 4.22. The third kappa shape index (κ3) is 7.71. The zero-order chi connectivity index (χ0) is 25.0. The molecule has 0 N–H and O–H groups in total. The summed E-state index contributed by atoms with van der Waals surface area (Å²) in [4.78, 5) is 14.2. The summed E-state index contributed by atoms with van der Waals surface area (Å²) >= 11 is 6.24. The van der Waals surface area contributed by atoms with Crippen molar-refractivity contribution in [1.29, 1.82) is 0 Å². The van der Waals surface area contributed by atoms with Gasteiger partial charge >= 0.3 is 5.97 Å². The summed E-state index contributed by atoms with van der Waals surface area (Å²) in [5, 5.41) is 0.463. The van der Waals surface area contributed by atoms with E-state index in [2.05, 4.69) is 0 Å². The van der Waals surface area contributed by atoms with Gasteiger partial charge in [-0.2, -0.15) is 4.31 Å². The van der Waals surface area contributed by atoms with Crippen LogP contribution in [0.15, 0.2) is 41.3 Å². The second-order valence-corrected chi connectivity index (χ2v) is 11.6. The van der Waals surface area contributed by atoms with E-state index in [1.807, 2.05) is 25.9 Å². The van der Waals surface area contributed by atoms with Crippen LogP contribution in [0.25, 0.3) is 11.1 Å². The van der Waals surface area contributed by atoms with Crippen LogP contribution < -0.4 is 4.74 Å². The van der Waals surface area contributed by atoms with Gasteiger partial charge < -0.3 is 14.4 Å². The largest absolute Gasteiger partial charge is 0.481 e. The first kappa shape index (κ1) is 27.1. The molecule has 0 fully saturated rings. The Balaban J connectivity index is 2.40. The van der Waals surface area contributed by atoms with Crippen LogP contribution in [-0.4, -0.2) is 70.0 Å². The van der Waals surface area contributed by atoms with Crippen LogP contribution in [0, 0.1) is 6.92 Å². The molecular formula is C24H33ClN2O5S. The van der Waals surface area contributed by atoms with Crippen molar-refractivity contribution in [3.05, 3.63) is 47.0 Å². The molecule has 0 saturated carbocycles. The average molecular weight is 497 g/mol. The van der Waals surface area contributed by atoms with E-state index in [1.165, 1.54) is 4.31 Å². The van der Waals surface area contributed by atoms with Gasteiger partial charge in [-0.25, -0.2) is 13.2 Å². The SMILES string of the molecule is Cc1ccc(S(=O)(=O)N(C)CCN(C)C)cc1-c1cc(Cl)ccc1OCC(=O)OC(C)(C)C. The molecule has 182 valence electrons. The first-order chi connectivity index (χ1) is 15.2. The van der Waals surface area contributed by atoms with E-state index in [9.17, 15) is 13.2 Å². The molecule has 0 unspecified atom stereocenters. The quantitative estimate of drug-likeness (QED) is 0.484. The Hall–Kier alpha value is -2.13. The molecule has 2 rings (SSSR count). The summed E-state index contributed by atoms with van der Waals surface area (Å²) in [6, 6.07) is 9.96. The number of sulfonamides is 1. The van der Waals surface area contributed by atoms with Crippen molar-refractivity contribution in [2.45, 2.75) is 38.2 Å². The van der Waals surface area contributed by atoms with Crippen molar-refractivity contribution in [3.63, 3.8) is 0 Å². The van der Waals surface area contributed by atoms with Crippen LogP contribution in [0.5, 0.6) is 5.75 Å². The van der Waals surface area contributed by atoms with Crippen molar-refractivity contribution in [3.8, 4) is 16.9 Å². The van der Waals surface area contributed by atoms with Crippen LogP contribution in [0.2, 0.25) is 5.02 Å². The van der Waals surface area contributed by atoms with Crippen LogP contribution >= 0.6 is 11.6 Å². The van der Waals surface area contributed by atoms with E-state index in [1.54, 1.807) is 64.2 Å². The molecule has 0 aromatic heterocycles. The fourth-order valence-corrected chi connectivity index (χ4v) is 4.40. The summed E-state index contributed by atoms with van der Waals surface area (Å²) in [5.41, 5.74) is 1.46. The molecule has 0 bridgehead atoms. The molecule has 2 aromatic rings. The van der Waals surface area contributed by atoms with Gasteiger partial charge in [0.15, 0.2) is 6.61 Å². The highest BCUT2D eigenvalue weighted by Crippen LogP contribution is 2.36. The van der Waals surface area contributed by atoms with Gasteiger partial charge in [0.2, 0.25) is 10.0 Å². The summed E-state index contributed by atoms with van der Waals surface area (Å²) < 4.78 is 38.6. The molecular weight excluding hydrogens is 464 g/mol. The van der Waals surface area contributed by atoms with Crippen LogP contribution in [0.1, 0.15) is 26.3 Å². The Morgan fingerprint density at radius 2 is 1.67 bits per heavy atom. The number of benzene rings is 2. The minimum atomic E-state index is -3.69. The molecule has 0 saturated heterocycles. The molecule has 0 aliphatic heterocycles. The summed E-state index contributed by atoms with van der Waals surface area (Å²) in [6.07, 6.45) is 0. The lowest BCUT2D eigenvalue weighted by Gasteiger charge is -2.21. The standard InChI is InChI=1S/C24H33ClN2O5S/c1-17-8-10-19(33(29,30)27(7)13-12-26(5)6)15-20(17)21-14-18(25)9-11-22(21)31-16-23(28)32-24(2,3)4/h8-11,14-15H,12-13,16H2,1-7H3. The zero-order valence-electron chi connectivity index (χ0n) is 20.3. The molecule has 0 spiro atoms. The van der Waals surface area contributed by atoms with E-state index in [-0.39, 0.29) is 11.5 Å². The van der Waals surface area contributed by atoms with Gasteiger partial charge in [0.1, 0.15) is 11.4 Å². The normalized spacial score (nSPS) is 12.3. The minimum absolute atomic E-state index is 0.169. The summed E-state index contributed by atoms with van der Waals surface area (Å²) in [5.74, 6) is -0.0946. The number of aryl methyl sites for hydroxylation is 1. The van der Waals surface area contributed by atoms with Crippen LogP contribution in [0.3, 0.4) is 0 Å². The molecule has 2 aromatic carbocycles. The number of hydrogen-bond acceptors (Lipinski definition) is 6. The number of carbonyl (C=O) groups is 1. The topological polar surface area (TPSA) is 76.2 Å². The van der Waals surface area contributed by atoms with E-state index in [4.69, 9.17) is 21.1 Å². The predicted molar refractivity (Wildman–Crippen MR) is 131 cm³/mol. The van der Waals surface area contributed by atoms with Crippen molar-refractivity contribution in [2.24, 2.45) is 0 Å². The highest BCUT2D eigenvalue weighted by molar-refractivity contribution is 7.89. The monoisotopic (exact) mass is 496 g/mol. The van der Waals surface area contributed by atoms with Crippen LogP contribution in [0.4, 0.5) is 0 Å². The third-order valence-electron chi connectivity index (χ3n) is 4.78. The Morgan fingerprint density at radius 3 is 2.27 bits per heavy atom. The smallest absolute Gasteiger partial charge is 0.344 e. The van der Waals surface area contributed by atoms with Gasteiger partial charge in [-0.1, -0.05) is 17.7 Å². The molecule has 0 aliphatic rings. The lowest BCUT2D eigenvalue weighted by molar-refractivity contribution is -0.157. The van der Waals surface area contributed by atoms with Gasteiger partial charge in [0.05, 0.1) is 4.90 Å².